The molecule has 0 saturated heterocycles. The Kier molecular flexibility index (Phi) is 9.24. The van der Waals surface area contributed by atoms with E-state index in [-0.39, 0.29) is 0 Å². The summed E-state index contributed by atoms with van der Waals surface area (Å²) in [7, 11) is 0. The van der Waals surface area contributed by atoms with Crippen molar-refractivity contribution in [2.24, 2.45) is 5.92 Å². The van der Waals surface area contributed by atoms with Gasteiger partial charge < -0.3 is 10.1 Å². The summed E-state index contributed by atoms with van der Waals surface area (Å²) >= 11 is 1.34. The van der Waals surface area contributed by atoms with Gasteiger partial charge >= 0.3 is 12.0 Å². The number of carbonyl (C=O) groups is 3. The zero-order chi connectivity index (χ0) is 21.1. The zero-order valence-electron chi connectivity index (χ0n) is 16.6. The lowest BCUT2D eigenvalue weighted by molar-refractivity contribution is -0.147. The van der Waals surface area contributed by atoms with Gasteiger partial charge in [-0.25, -0.2) is 4.79 Å². The average molecular weight is 415 g/mol. The molecule has 0 aromatic heterocycles. The van der Waals surface area contributed by atoms with E-state index in [4.69, 9.17) is 4.74 Å². The molecule has 0 heterocycles. The van der Waals surface area contributed by atoms with Crippen LogP contribution in [0.5, 0.6) is 0 Å². The van der Waals surface area contributed by atoms with Gasteiger partial charge in [0, 0.05) is 11.4 Å². The SMILES string of the molecule is CC(C)CCNC(=O)NC(=O)COC(=O)[C@H](Sc1ccccc1)c1ccccc1. The van der Waals surface area contributed by atoms with Crippen molar-refractivity contribution >= 4 is 29.7 Å². The Morgan fingerprint density at radius 1 is 0.966 bits per heavy atom. The number of nitrogens with one attached hydrogen (secondary N) is 2. The fourth-order valence-electron chi connectivity index (χ4n) is 2.41. The second-order valence-corrected chi connectivity index (χ2v) is 7.99. The molecule has 0 aliphatic carbocycles. The second-order valence-electron chi connectivity index (χ2n) is 6.82. The molecular formula is C22H26N2O4S. The number of rotatable bonds is 9. The summed E-state index contributed by atoms with van der Waals surface area (Å²) < 4.78 is 5.18. The summed E-state index contributed by atoms with van der Waals surface area (Å²) in [5, 5.41) is 4.14. The van der Waals surface area contributed by atoms with Crippen LogP contribution in [0.25, 0.3) is 0 Å². The van der Waals surface area contributed by atoms with Crippen molar-refractivity contribution in [2.45, 2.75) is 30.4 Å². The van der Waals surface area contributed by atoms with Crippen molar-refractivity contribution in [3.8, 4) is 0 Å². The maximum Gasteiger partial charge on any atom is 0.324 e. The van der Waals surface area contributed by atoms with Crippen molar-refractivity contribution in [2.75, 3.05) is 13.2 Å². The number of hydrogen-bond donors (Lipinski definition) is 2. The van der Waals surface area contributed by atoms with E-state index in [2.05, 4.69) is 10.6 Å². The minimum absolute atomic E-state index is 0.448. The Bertz CT molecular complexity index is 797. The third-order valence-corrected chi connectivity index (χ3v) is 5.16. The highest BCUT2D eigenvalue weighted by Crippen LogP contribution is 2.36. The fourth-order valence-corrected chi connectivity index (χ4v) is 3.45. The molecule has 1 atom stereocenters. The van der Waals surface area contributed by atoms with Crippen molar-refractivity contribution in [1.82, 2.24) is 10.6 Å². The van der Waals surface area contributed by atoms with Gasteiger partial charge in [0.25, 0.3) is 5.91 Å². The molecule has 2 rings (SSSR count). The first-order chi connectivity index (χ1) is 14.0. The quantitative estimate of drug-likeness (QED) is 0.480. The van der Waals surface area contributed by atoms with E-state index in [1.54, 1.807) is 0 Å². The van der Waals surface area contributed by atoms with Crippen molar-refractivity contribution < 1.29 is 19.1 Å². The Morgan fingerprint density at radius 2 is 1.59 bits per heavy atom. The van der Waals surface area contributed by atoms with Crippen LogP contribution >= 0.6 is 11.8 Å². The topological polar surface area (TPSA) is 84.5 Å². The smallest absolute Gasteiger partial charge is 0.324 e. The third kappa shape index (κ3) is 8.39. The lowest BCUT2D eigenvalue weighted by Crippen LogP contribution is -2.42. The number of ether oxygens (including phenoxy) is 1. The number of benzene rings is 2. The number of amides is 3. The molecular weight excluding hydrogens is 388 g/mol. The van der Waals surface area contributed by atoms with Gasteiger partial charge in [0.2, 0.25) is 0 Å². The number of hydrogen-bond acceptors (Lipinski definition) is 5. The van der Waals surface area contributed by atoms with E-state index in [9.17, 15) is 14.4 Å². The van der Waals surface area contributed by atoms with Crippen LogP contribution in [0.2, 0.25) is 0 Å². The van der Waals surface area contributed by atoms with Gasteiger partial charge in [-0.2, -0.15) is 0 Å². The molecule has 7 heteroatoms. The molecule has 2 aromatic rings. The minimum Gasteiger partial charge on any atom is -0.454 e. The van der Waals surface area contributed by atoms with E-state index in [0.29, 0.717) is 12.5 Å². The lowest BCUT2D eigenvalue weighted by Gasteiger charge is -2.16. The Labute approximate surface area is 175 Å². The largest absolute Gasteiger partial charge is 0.454 e. The summed E-state index contributed by atoms with van der Waals surface area (Å²) in [6, 6.07) is 18.1. The van der Waals surface area contributed by atoms with Crippen LogP contribution in [-0.4, -0.2) is 31.1 Å². The molecule has 0 unspecified atom stereocenters. The fraction of sp³-hybridized carbons (Fsp3) is 0.318. The maximum atomic E-state index is 12.7. The first-order valence-electron chi connectivity index (χ1n) is 9.46. The number of esters is 1. The van der Waals surface area contributed by atoms with Gasteiger partial charge in [-0.1, -0.05) is 62.4 Å². The molecule has 3 amide bonds. The van der Waals surface area contributed by atoms with E-state index in [0.717, 1.165) is 16.9 Å². The average Bonchev–Trinajstić information content (AvgIpc) is 2.71. The second kappa shape index (κ2) is 11.9. The van der Waals surface area contributed by atoms with Gasteiger partial charge in [0.1, 0.15) is 5.25 Å². The maximum absolute atomic E-state index is 12.7. The molecule has 154 valence electrons. The zero-order valence-corrected chi connectivity index (χ0v) is 17.4. The minimum atomic E-state index is -0.670. The summed E-state index contributed by atoms with van der Waals surface area (Å²) in [6.07, 6.45) is 0.812. The molecule has 0 radical (unpaired) electrons. The van der Waals surface area contributed by atoms with E-state index >= 15 is 0 Å². The highest BCUT2D eigenvalue weighted by molar-refractivity contribution is 8.00. The Morgan fingerprint density at radius 3 is 2.21 bits per heavy atom. The van der Waals surface area contributed by atoms with Crippen LogP contribution in [0.15, 0.2) is 65.6 Å². The molecule has 6 nitrogen and oxygen atoms in total. The van der Waals surface area contributed by atoms with Crippen LogP contribution < -0.4 is 10.6 Å². The van der Waals surface area contributed by atoms with Crippen molar-refractivity contribution in [3.63, 3.8) is 0 Å². The van der Waals surface area contributed by atoms with Crippen LogP contribution in [-0.2, 0) is 14.3 Å². The van der Waals surface area contributed by atoms with Crippen molar-refractivity contribution in [3.05, 3.63) is 66.2 Å². The number of imide groups is 1. The predicted molar refractivity (Wildman–Crippen MR) is 113 cm³/mol. The van der Waals surface area contributed by atoms with Gasteiger partial charge in [-0.15, -0.1) is 11.8 Å². The van der Waals surface area contributed by atoms with E-state index < -0.39 is 29.8 Å². The summed E-state index contributed by atoms with van der Waals surface area (Å²) in [6.45, 7) is 4.04. The van der Waals surface area contributed by atoms with Crippen LogP contribution in [0.3, 0.4) is 0 Å². The van der Waals surface area contributed by atoms with Crippen LogP contribution in [0.1, 0.15) is 31.1 Å². The van der Waals surface area contributed by atoms with Gasteiger partial charge in [0.15, 0.2) is 6.61 Å². The summed E-state index contributed by atoms with van der Waals surface area (Å²) in [5.41, 5.74) is 0.776. The third-order valence-electron chi connectivity index (χ3n) is 3.92. The highest BCUT2D eigenvalue weighted by atomic mass is 32.2. The lowest BCUT2D eigenvalue weighted by atomic mass is 10.1. The van der Waals surface area contributed by atoms with Gasteiger partial charge in [-0.05, 0) is 30.0 Å². The van der Waals surface area contributed by atoms with Crippen LogP contribution in [0, 0.1) is 5.92 Å². The standard InChI is InChI=1S/C22H26N2O4S/c1-16(2)13-14-23-22(27)24-19(25)15-28-21(26)20(17-9-5-3-6-10-17)29-18-11-7-4-8-12-18/h3-12,16,20H,13-15H2,1-2H3,(H2,23,24,25,27)/t20-/m1/s1. The predicted octanol–water partition coefficient (Wildman–Crippen LogP) is 3.94. The molecule has 0 saturated carbocycles. The number of carbonyl (C=O) groups excluding carboxylic acids is 3. The molecule has 0 aliphatic rings. The van der Waals surface area contributed by atoms with Gasteiger partial charge in [0.05, 0.1) is 0 Å². The molecule has 0 aliphatic heterocycles. The molecule has 2 N–H and O–H groups in total. The molecule has 2 aromatic carbocycles. The molecule has 0 spiro atoms. The number of urea groups is 1. The first-order valence-corrected chi connectivity index (χ1v) is 10.3. The Balaban J connectivity index is 1.90. The normalized spacial score (nSPS) is 11.6. The first kappa shape index (κ1) is 22.5. The monoisotopic (exact) mass is 414 g/mol. The van der Waals surface area contributed by atoms with E-state index in [1.165, 1.54) is 11.8 Å². The van der Waals surface area contributed by atoms with Gasteiger partial charge in [-0.3, -0.25) is 14.9 Å². The van der Waals surface area contributed by atoms with Crippen molar-refractivity contribution in [1.29, 1.82) is 0 Å². The van der Waals surface area contributed by atoms with E-state index in [1.807, 2.05) is 74.5 Å². The highest BCUT2D eigenvalue weighted by Gasteiger charge is 2.24. The summed E-state index contributed by atoms with van der Waals surface area (Å²) in [5.74, 6) is -0.763. The number of thioether (sulfide) groups is 1. The molecule has 29 heavy (non-hydrogen) atoms. The summed E-state index contributed by atoms with van der Waals surface area (Å²) in [4.78, 5) is 37.2. The molecule has 0 bridgehead atoms. The molecule has 0 fully saturated rings. The van der Waals surface area contributed by atoms with Crippen LogP contribution in [0.4, 0.5) is 4.79 Å². The Hall–Kier alpha value is -2.80.